The average molecular weight is 402 g/mol. The Bertz CT molecular complexity index is 698. The smallest absolute Gasteiger partial charge is 0.170 e. The fourth-order valence-corrected chi connectivity index (χ4v) is 4.23. The molecule has 1 heterocycles. The van der Waals surface area contributed by atoms with Crippen LogP contribution in [0.25, 0.3) is 0 Å². The van der Waals surface area contributed by atoms with E-state index in [2.05, 4.69) is 71.0 Å². The van der Waals surface area contributed by atoms with Crippen LogP contribution < -0.4 is 20.4 Å². The van der Waals surface area contributed by atoms with Crippen molar-refractivity contribution in [1.29, 1.82) is 0 Å². The number of thioether (sulfide) groups is 1. The van der Waals surface area contributed by atoms with Crippen LogP contribution in [-0.2, 0) is 0 Å². The van der Waals surface area contributed by atoms with Gasteiger partial charge in [0.2, 0.25) is 0 Å². The zero-order chi connectivity index (χ0) is 18.9. The summed E-state index contributed by atoms with van der Waals surface area (Å²) in [6, 6.07) is 19.0. The molecule has 0 radical (unpaired) electrons. The molecule has 1 aliphatic heterocycles. The van der Waals surface area contributed by atoms with Crippen molar-refractivity contribution in [3.05, 3.63) is 54.6 Å². The summed E-state index contributed by atoms with van der Waals surface area (Å²) in [6.45, 7) is 9.06. The Hall–Kier alpha value is -1.76. The molecule has 0 saturated carbocycles. The molecule has 0 spiro atoms. The number of hydrogen-bond donors (Lipinski definition) is 3. The minimum absolute atomic E-state index is 0.677. The van der Waals surface area contributed by atoms with Gasteiger partial charge in [0.25, 0.3) is 0 Å². The van der Waals surface area contributed by atoms with Crippen molar-refractivity contribution < 1.29 is 4.90 Å². The van der Waals surface area contributed by atoms with Crippen molar-refractivity contribution in [2.24, 2.45) is 0 Å². The lowest BCUT2D eigenvalue weighted by Gasteiger charge is -2.33. The van der Waals surface area contributed by atoms with Gasteiger partial charge in [0, 0.05) is 28.6 Å². The Morgan fingerprint density at radius 1 is 1.07 bits per heavy atom. The van der Waals surface area contributed by atoms with Gasteiger partial charge < -0.3 is 20.4 Å². The highest BCUT2D eigenvalue weighted by Gasteiger charge is 2.18. The SMILES string of the molecule is CC[NH+]1CCN(c2ccc(NC(=S)NCCSc3ccccc3)cc2)CC1. The minimum Gasteiger partial charge on any atom is -0.362 e. The zero-order valence-electron chi connectivity index (χ0n) is 15.9. The molecular weight excluding hydrogens is 372 g/mol. The third-order valence-corrected chi connectivity index (χ3v) is 6.12. The Kier molecular flexibility index (Phi) is 7.80. The van der Waals surface area contributed by atoms with E-state index >= 15 is 0 Å². The summed E-state index contributed by atoms with van der Waals surface area (Å²) in [4.78, 5) is 5.46. The molecular formula is C21H29N4S2+. The Balaban J connectivity index is 1.38. The van der Waals surface area contributed by atoms with Gasteiger partial charge in [-0.3, -0.25) is 0 Å². The van der Waals surface area contributed by atoms with Gasteiger partial charge >= 0.3 is 0 Å². The highest BCUT2D eigenvalue weighted by Crippen LogP contribution is 2.18. The monoisotopic (exact) mass is 401 g/mol. The first kappa shape index (κ1) is 20.0. The van der Waals surface area contributed by atoms with Crippen LogP contribution in [0.1, 0.15) is 6.92 Å². The van der Waals surface area contributed by atoms with Crippen molar-refractivity contribution in [3.8, 4) is 0 Å². The van der Waals surface area contributed by atoms with E-state index in [1.54, 1.807) is 4.90 Å². The lowest BCUT2D eigenvalue weighted by molar-refractivity contribution is -0.898. The highest BCUT2D eigenvalue weighted by atomic mass is 32.2. The molecule has 4 nitrogen and oxygen atoms in total. The van der Waals surface area contributed by atoms with E-state index in [0.717, 1.165) is 31.1 Å². The second-order valence-corrected chi connectivity index (χ2v) is 8.26. The van der Waals surface area contributed by atoms with Crippen molar-refractivity contribution in [2.75, 3.05) is 55.2 Å². The van der Waals surface area contributed by atoms with Crippen molar-refractivity contribution >= 4 is 40.5 Å². The van der Waals surface area contributed by atoms with E-state index < -0.39 is 0 Å². The summed E-state index contributed by atoms with van der Waals surface area (Å²) >= 11 is 7.24. The standard InChI is InChI=1S/C21H28N4S2/c1-2-24-13-15-25(16-14-24)19-10-8-18(9-11-19)23-21(26)22-12-17-27-20-6-4-3-5-7-20/h3-11H,2,12-17H2,1H3,(H2,22,23,26)/p+1. The number of nitrogens with zero attached hydrogens (tertiary/aromatic N) is 1. The van der Waals surface area contributed by atoms with E-state index in [-0.39, 0.29) is 0 Å². The highest BCUT2D eigenvalue weighted by molar-refractivity contribution is 7.99. The molecule has 1 aliphatic rings. The van der Waals surface area contributed by atoms with Gasteiger partial charge in [0.1, 0.15) is 0 Å². The number of likely N-dealkylation sites (N-methyl/N-ethyl adjacent to an activating group) is 1. The minimum atomic E-state index is 0.677. The van der Waals surface area contributed by atoms with Gasteiger partial charge in [-0.25, -0.2) is 0 Å². The van der Waals surface area contributed by atoms with Crippen LogP contribution in [0.15, 0.2) is 59.5 Å². The molecule has 3 rings (SSSR count). The maximum Gasteiger partial charge on any atom is 0.170 e. The van der Waals surface area contributed by atoms with Crippen LogP contribution in [-0.4, -0.2) is 50.1 Å². The number of piperazine rings is 1. The zero-order valence-corrected chi connectivity index (χ0v) is 17.5. The van der Waals surface area contributed by atoms with Gasteiger partial charge in [-0.1, -0.05) is 18.2 Å². The molecule has 0 bridgehead atoms. The number of rotatable bonds is 7. The fraction of sp³-hybridized carbons (Fsp3) is 0.381. The average Bonchev–Trinajstić information content (AvgIpc) is 2.73. The molecule has 6 heteroatoms. The summed E-state index contributed by atoms with van der Waals surface area (Å²) in [5.41, 5.74) is 2.33. The molecule has 144 valence electrons. The lowest BCUT2D eigenvalue weighted by atomic mass is 10.2. The summed E-state index contributed by atoms with van der Waals surface area (Å²) < 4.78 is 0. The molecule has 2 aromatic rings. The molecule has 0 aromatic heterocycles. The van der Waals surface area contributed by atoms with Crippen LogP contribution in [0.4, 0.5) is 11.4 Å². The van der Waals surface area contributed by atoms with Crippen LogP contribution >= 0.6 is 24.0 Å². The Labute approximate surface area is 172 Å². The Morgan fingerprint density at radius 3 is 2.44 bits per heavy atom. The summed E-state index contributed by atoms with van der Waals surface area (Å²) in [7, 11) is 0. The van der Waals surface area contributed by atoms with E-state index in [9.17, 15) is 0 Å². The second kappa shape index (κ2) is 10.5. The van der Waals surface area contributed by atoms with Crippen LogP contribution in [0.3, 0.4) is 0 Å². The third-order valence-electron chi connectivity index (χ3n) is 4.86. The number of nitrogens with one attached hydrogen (secondary N) is 3. The van der Waals surface area contributed by atoms with Gasteiger partial charge in [0.15, 0.2) is 5.11 Å². The topological polar surface area (TPSA) is 31.7 Å². The normalized spacial score (nSPS) is 14.8. The molecule has 0 atom stereocenters. The van der Waals surface area contributed by atoms with Crippen LogP contribution in [0.2, 0.25) is 0 Å². The van der Waals surface area contributed by atoms with Crippen LogP contribution in [0.5, 0.6) is 0 Å². The maximum atomic E-state index is 5.41. The number of benzene rings is 2. The van der Waals surface area contributed by atoms with Gasteiger partial charge in [-0.2, -0.15) is 0 Å². The van der Waals surface area contributed by atoms with Gasteiger partial charge in [-0.05, 0) is 55.5 Å². The first-order valence-electron chi connectivity index (χ1n) is 9.66. The third kappa shape index (κ3) is 6.41. The summed E-state index contributed by atoms with van der Waals surface area (Å²) in [5.74, 6) is 0.983. The molecule has 1 saturated heterocycles. The number of hydrogen-bond acceptors (Lipinski definition) is 3. The second-order valence-electron chi connectivity index (χ2n) is 6.68. The number of quaternary nitrogens is 1. The summed E-state index contributed by atoms with van der Waals surface area (Å²) in [6.07, 6.45) is 0. The van der Waals surface area contributed by atoms with Crippen LogP contribution in [0, 0.1) is 0 Å². The van der Waals surface area contributed by atoms with Gasteiger partial charge in [-0.15, -0.1) is 11.8 Å². The van der Waals surface area contributed by atoms with E-state index in [4.69, 9.17) is 12.2 Å². The van der Waals surface area contributed by atoms with Gasteiger partial charge in [0.05, 0.1) is 32.7 Å². The first-order chi connectivity index (χ1) is 13.2. The molecule has 0 amide bonds. The van der Waals surface area contributed by atoms with Crippen molar-refractivity contribution in [3.63, 3.8) is 0 Å². The predicted octanol–water partition coefficient (Wildman–Crippen LogP) is 2.49. The molecule has 27 heavy (non-hydrogen) atoms. The molecule has 2 aromatic carbocycles. The maximum absolute atomic E-state index is 5.41. The quantitative estimate of drug-likeness (QED) is 0.377. The molecule has 0 aliphatic carbocycles. The molecule has 1 fully saturated rings. The largest absolute Gasteiger partial charge is 0.362 e. The number of anilines is 2. The molecule has 0 unspecified atom stereocenters. The van der Waals surface area contributed by atoms with Crippen molar-refractivity contribution in [2.45, 2.75) is 11.8 Å². The first-order valence-corrected chi connectivity index (χ1v) is 11.1. The summed E-state index contributed by atoms with van der Waals surface area (Å²) in [5, 5.41) is 7.23. The predicted molar refractivity (Wildman–Crippen MR) is 121 cm³/mol. The van der Waals surface area contributed by atoms with E-state index in [1.807, 2.05) is 17.8 Å². The fourth-order valence-electron chi connectivity index (χ4n) is 3.22. The Morgan fingerprint density at radius 2 is 1.78 bits per heavy atom. The lowest BCUT2D eigenvalue weighted by Crippen LogP contribution is -3.14. The van der Waals surface area contributed by atoms with E-state index in [1.165, 1.54) is 30.2 Å². The van der Waals surface area contributed by atoms with Crippen molar-refractivity contribution in [1.82, 2.24) is 5.32 Å². The molecule has 3 N–H and O–H groups in total. The number of thiocarbonyl (C=S) groups is 1. The van der Waals surface area contributed by atoms with E-state index in [0.29, 0.717) is 5.11 Å².